The van der Waals surface area contributed by atoms with E-state index in [9.17, 15) is 0 Å². The molecule has 0 bridgehead atoms. The standard InChI is InChI=1S/C40H26N2S/c1-25-41-35-15-7-8-16-36(35)42(25)28-21-18-26(19-22-28)39-30-11-2-4-13-32(30)40(33-14-5-3-12-31(33)39)27-20-23-38-34(24-27)29-10-6-9-17-37(29)43-38/h2-24H,1H3. The van der Waals surface area contributed by atoms with Crippen LogP contribution in [0.1, 0.15) is 5.82 Å². The number of nitrogens with zero attached hydrogens (tertiary/aromatic N) is 2. The lowest BCUT2D eigenvalue weighted by molar-refractivity contribution is 1.00. The van der Waals surface area contributed by atoms with Gasteiger partial charge in [0.15, 0.2) is 0 Å². The van der Waals surface area contributed by atoms with Crippen molar-refractivity contribution in [1.82, 2.24) is 9.55 Å². The van der Waals surface area contributed by atoms with Crippen LogP contribution in [0.15, 0.2) is 140 Å². The Morgan fingerprint density at radius 3 is 1.72 bits per heavy atom. The maximum Gasteiger partial charge on any atom is 0.111 e. The number of benzene rings is 7. The van der Waals surface area contributed by atoms with Crippen LogP contribution in [0.25, 0.3) is 80.7 Å². The molecule has 0 saturated heterocycles. The van der Waals surface area contributed by atoms with Gasteiger partial charge in [-0.2, -0.15) is 0 Å². The van der Waals surface area contributed by atoms with Crippen LogP contribution in [0.4, 0.5) is 0 Å². The second kappa shape index (κ2) is 9.38. The normalized spacial score (nSPS) is 11.8. The summed E-state index contributed by atoms with van der Waals surface area (Å²) in [5, 5.41) is 7.74. The number of para-hydroxylation sites is 2. The summed E-state index contributed by atoms with van der Waals surface area (Å²) in [4.78, 5) is 4.79. The summed E-state index contributed by atoms with van der Waals surface area (Å²) in [5.41, 5.74) is 8.31. The Kier molecular flexibility index (Phi) is 5.32. The molecule has 7 aromatic carbocycles. The molecule has 3 heteroatoms. The first-order valence-corrected chi connectivity index (χ1v) is 15.5. The minimum atomic E-state index is 0.990. The fourth-order valence-electron chi connectivity index (χ4n) is 6.88. The predicted molar refractivity (Wildman–Crippen MR) is 185 cm³/mol. The molecule has 9 aromatic rings. The van der Waals surface area contributed by atoms with Gasteiger partial charge in [-0.25, -0.2) is 4.98 Å². The van der Waals surface area contributed by atoms with E-state index in [2.05, 4.69) is 145 Å². The first kappa shape index (κ1) is 24.4. The zero-order valence-electron chi connectivity index (χ0n) is 23.6. The van der Waals surface area contributed by atoms with Crippen LogP contribution in [0.3, 0.4) is 0 Å². The van der Waals surface area contributed by atoms with Crippen molar-refractivity contribution in [2.75, 3.05) is 0 Å². The molecule has 9 rings (SSSR count). The van der Waals surface area contributed by atoms with E-state index in [4.69, 9.17) is 4.98 Å². The number of thiophene rings is 1. The zero-order chi connectivity index (χ0) is 28.5. The molecule has 0 saturated carbocycles. The average molecular weight is 567 g/mol. The molecule has 2 heterocycles. The molecule has 43 heavy (non-hydrogen) atoms. The summed E-state index contributed by atoms with van der Waals surface area (Å²) in [5.74, 6) is 0.990. The second-order valence-corrected chi connectivity index (χ2v) is 12.3. The van der Waals surface area contributed by atoms with E-state index in [-0.39, 0.29) is 0 Å². The molecule has 0 radical (unpaired) electrons. The molecule has 0 amide bonds. The van der Waals surface area contributed by atoms with Crippen molar-refractivity contribution in [3.8, 4) is 27.9 Å². The van der Waals surface area contributed by atoms with E-state index in [0.29, 0.717) is 0 Å². The fraction of sp³-hybridized carbons (Fsp3) is 0.0250. The first-order valence-electron chi connectivity index (χ1n) is 14.6. The van der Waals surface area contributed by atoms with Crippen molar-refractivity contribution in [2.45, 2.75) is 6.92 Å². The Balaban J connectivity index is 1.28. The van der Waals surface area contributed by atoms with Crippen molar-refractivity contribution >= 4 is 64.1 Å². The topological polar surface area (TPSA) is 17.8 Å². The van der Waals surface area contributed by atoms with Gasteiger partial charge in [-0.15, -0.1) is 11.3 Å². The number of hydrogen-bond acceptors (Lipinski definition) is 2. The van der Waals surface area contributed by atoms with Gasteiger partial charge in [0.25, 0.3) is 0 Å². The number of imidazole rings is 1. The molecule has 0 atom stereocenters. The van der Waals surface area contributed by atoms with Crippen LogP contribution >= 0.6 is 11.3 Å². The third kappa shape index (κ3) is 3.68. The Labute approximate surface area is 253 Å². The molecule has 202 valence electrons. The molecule has 0 unspecified atom stereocenters. The van der Waals surface area contributed by atoms with Crippen molar-refractivity contribution in [3.63, 3.8) is 0 Å². The highest BCUT2D eigenvalue weighted by Gasteiger charge is 2.18. The number of hydrogen-bond donors (Lipinski definition) is 0. The monoisotopic (exact) mass is 566 g/mol. The highest BCUT2D eigenvalue weighted by atomic mass is 32.1. The summed E-state index contributed by atoms with van der Waals surface area (Å²) < 4.78 is 4.90. The maximum atomic E-state index is 4.79. The third-order valence-electron chi connectivity index (χ3n) is 8.74. The lowest BCUT2D eigenvalue weighted by Gasteiger charge is -2.18. The van der Waals surface area contributed by atoms with Gasteiger partial charge in [-0.1, -0.05) is 97.1 Å². The molecule has 0 aliphatic carbocycles. The predicted octanol–water partition coefficient (Wildman–Crippen LogP) is 11.3. The Bertz CT molecular complexity index is 2460. The molecule has 2 nitrogen and oxygen atoms in total. The van der Waals surface area contributed by atoms with E-state index in [0.717, 1.165) is 22.5 Å². The highest BCUT2D eigenvalue weighted by molar-refractivity contribution is 7.25. The number of aryl methyl sites for hydroxylation is 1. The van der Waals surface area contributed by atoms with Crippen LogP contribution in [-0.2, 0) is 0 Å². The molecular formula is C40H26N2S. The van der Waals surface area contributed by atoms with Gasteiger partial charge in [0.1, 0.15) is 5.82 Å². The van der Waals surface area contributed by atoms with Gasteiger partial charge in [-0.3, -0.25) is 4.57 Å². The van der Waals surface area contributed by atoms with Crippen LogP contribution in [0, 0.1) is 6.92 Å². The first-order chi connectivity index (χ1) is 21.2. The summed E-state index contributed by atoms with van der Waals surface area (Å²) in [7, 11) is 0. The van der Waals surface area contributed by atoms with E-state index in [1.54, 1.807) is 0 Å². The summed E-state index contributed by atoms with van der Waals surface area (Å²) >= 11 is 1.87. The molecule has 0 aliphatic rings. The van der Waals surface area contributed by atoms with Gasteiger partial charge in [-0.05, 0) is 93.2 Å². The number of aromatic nitrogens is 2. The van der Waals surface area contributed by atoms with E-state index in [1.165, 1.54) is 64.0 Å². The van der Waals surface area contributed by atoms with Gasteiger partial charge in [0, 0.05) is 25.9 Å². The van der Waals surface area contributed by atoms with Gasteiger partial charge in [0.05, 0.1) is 11.0 Å². The highest BCUT2D eigenvalue weighted by Crippen LogP contribution is 2.45. The average Bonchev–Trinajstić information content (AvgIpc) is 3.60. The Morgan fingerprint density at radius 1 is 0.488 bits per heavy atom. The lowest BCUT2D eigenvalue weighted by atomic mass is 9.86. The quantitative estimate of drug-likeness (QED) is 0.195. The molecule has 0 aliphatic heterocycles. The molecule has 0 fully saturated rings. The van der Waals surface area contributed by atoms with Crippen LogP contribution in [-0.4, -0.2) is 9.55 Å². The fourth-order valence-corrected chi connectivity index (χ4v) is 7.97. The smallest absolute Gasteiger partial charge is 0.111 e. The van der Waals surface area contributed by atoms with E-state index < -0.39 is 0 Å². The van der Waals surface area contributed by atoms with Crippen LogP contribution in [0.2, 0.25) is 0 Å². The minimum Gasteiger partial charge on any atom is -0.297 e. The Morgan fingerprint density at radius 2 is 1.02 bits per heavy atom. The Hall–Kier alpha value is -5.25. The lowest BCUT2D eigenvalue weighted by Crippen LogP contribution is -1.97. The second-order valence-electron chi connectivity index (χ2n) is 11.2. The third-order valence-corrected chi connectivity index (χ3v) is 9.89. The van der Waals surface area contributed by atoms with Crippen molar-refractivity contribution in [1.29, 1.82) is 0 Å². The SMILES string of the molecule is Cc1nc2ccccc2n1-c1ccc(-c2c3ccccc3c(-c3ccc4sc5ccccc5c4c3)c3ccccc23)cc1. The van der Waals surface area contributed by atoms with Crippen molar-refractivity contribution < 1.29 is 0 Å². The minimum absolute atomic E-state index is 0.990. The zero-order valence-corrected chi connectivity index (χ0v) is 24.4. The number of rotatable bonds is 3. The van der Waals surface area contributed by atoms with Crippen molar-refractivity contribution in [3.05, 3.63) is 145 Å². The molecular weight excluding hydrogens is 541 g/mol. The van der Waals surface area contributed by atoms with Gasteiger partial charge in [0.2, 0.25) is 0 Å². The summed E-state index contributed by atoms with van der Waals surface area (Å²) in [6.07, 6.45) is 0. The molecule has 0 spiro atoms. The summed E-state index contributed by atoms with van der Waals surface area (Å²) in [6.45, 7) is 2.07. The molecule has 0 N–H and O–H groups in total. The van der Waals surface area contributed by atoms with Gasteiger partial charge < -0.3 is 0 Å². The number of fused-ring (bicyclic) bond motifs is 6. The van der Waals surface area contributed by atoms with Crippen LogP contribution in [0.5, 0.6) is 0 Å². The van der Waals surface area contributed by atoms with E-state index in [1.807, 2.05) is 17.4 Å². The van der Waals surface area contributed by atoms with Crippen molar-refractivity contribution in [2.24, 2.45) is 0 Å². The van der Waals surface area contributed by atoms with E-state index >= 15 is 0 Å². The summed E-state index contributed by atoms with van der Waals surface area (Å²) in [6, 6.07) is 50.8. The van der Waals surface area contributed by atoms with Crippen LogP contribution < -0.4 is 0 Å². The maximum absolute atomic E-state index is 4.79. The van der Waals surface area contributed by atoms with Gasteiger partial charge >= 0.3 is 0 Å². The largest absolute Gasteiger partial charge is 0.297 e. The molecule has 2 aromatic heterocycles.